The van der Waals surface area contributed by atoms with E-state index in [1.165, 1.54) is 4.90 Å². The molecule has 1 unspecified atom stereocenters. The number of hydrogen-bond donors (Lipinski definition) is 1. The van der Waals surface area contributed by atoms with E-state index in [1.807, 2.05) is 9.88 Å². The zero-order valence-electron chi connectivity index (χ0n) is 15.6. The highest BCUT2D eigenvalue weighted by Gasteiger charge is 2.37. The van der Waals surface area contributed by atoms with Crippen LogP contribution in [0.3, 0.4) is 0 Å². The molecule has 4 rings (SSSR count). The molecule has 1 saturated heterocycles. The van der Waals surface area contributed by atoms with Crippen LogP contribution in [0.5, 0.6) is 0 Å². The van der Waals surface area contributed by atoms with Crippen molar-refractivity contribution in [3.05, 3.63) is 41.2 Å². The monoisotopic (exact) mass is 407 g/mol. The lowest BCUT2D eigenvalue weighted by Gasteiger charge is -2.24. The fraction of sp³-hybridized carbons (Fsp3) is 0.474. The van der Waals surface area contributed by atoms with Crippen molar-refractivity contribution in [1.29, 1.82) is 0 Å². The Bertz CT molecular complexity index is 962. The summed E-state index contributed by atoms with van der Waals surface area (Å²) in [5.74, 6) is -5.09. The smallest absolute Gasteiger partial charge is 0.314 e. The zero-order chi connectivity index (χ0) is 20.5. The average Bonchev–Trinajstić information content (AvgIpc) is 3.28. The number of carbonyl (C=O) groups excluding carboxylic acids is 2. The van der Waals surface area contributed by atoms with Crippen LogP contribution in [0.4, 0.5) is 18.9 Å². The van der Waals surface area contributed by atoms with E-state index in [0.717, 1.165) is 44.1 Å². The number of hydrogen-bond acceptors (Lipinski definition) is 4. The molecule has 0 spiro atoms. The van der Waals surface area contributed by atoms with Crippen molar-refractivity contribution in [3.63, 3.8) is 0 Å². The second-order valence-corrected chi connectivity index (χ2v) is 7.27. The van der Waals surface area contributed by atoms with Gasteiger partial charge in [-0.25, -0.2) is 13.2 Å². The second kappa shape index (κ2) is 7.84. The molecule has 0 radical (unpaired) electrons. The molecule has 0 saturated carbocycles. The van der Waals surface area contributed by atoms with Crippen LogP contribution in [-0.4, -0.2) is 38.0 Å². The maximum absolute atomic E-state index is 13.8. The summed E-state index contributed by atoms with van der Waals surface area (Å²) >= 11 is 0. The van der Waals surface area contributed by atoms with Crippen molar-refractivity contribution in [2.24, 2.45) is 0 Å². The number of aryl methyl sites for hydroxylation is 1. The molecule has 1 atom stereocenters. The normalized spacial score (nSPS) is 19.0. The fourth-order valence-corrected chi connectivity index (χ4v) is 3.96. The molecule has 2 aliphatic heterocycles. The number of rotatable bonds is 2. The molecule has 29 heavy (non-hydrogen) atoms. The van der Waals surface area contributed by atoms with E-state index in [-0.39, 0.29) is 0 Å². The van der Waals surface area contributed by atoms with Crippen LogP contribution in [0.15, 0.2) is 12.1 Å². The van der Waals surface area contributed by atoms with Crippen LogP contribution in [0.1, 0.15) is 49.8 Å². The summed E-state index contributed by atoms with van der Waals surface area (Å²) in [6.45, 7) is 1.11. The standard InChI is InChI=1S/C19H20F3N5O2/c20-11-7-8-12(16(22)15(11)21)23-18(28)19(29)26-10-4-5-13(26)17-25-24-14-6-2-1-3-9-27(14)17/h7-8,13H,1-6,9-10H2,(H,23,28). The Labute approximate surface area is 164 Å². The molecular weight excluding hydrogens is 387 g/mol. The van der Waals surface area contributed by atoms with Crippen LogP contribution in [0.2, 0.25) is 0 Å². The summed E-state index contributed by atoms with van der Waals surface area (Å²) in [6.07, 6.45) is 5.27. The number of halogens is 3. The maximum Gasteiger partial charge on any atom is 0.314 e. The number of amides is 2. The van der Waals surface area contributed by atoms with Gasteiger partial charge in [0.05, 0.1) is 11.7 Å². The number of nitrogens with one attached hydrogen (secondary N) is 1. The highest BCUT2D eigenvalue weighted by Crippen LogP contribution is 2.32. The van der Waals surface area contributed by atoms with Gasteiger partial charge in [-0.05, 0) is 37.8 Å². The summed E-state index contributed by atoms with van der Waals surface area (Å²) in [7, 11) is 0. The van der Waals surface area contributed by atoms with E-state index in [0.29, 0.717) is 31.3 Å². The Morgan fingerprint density at radius 1 is 1.00 bits per heavy atom. The van der Waals surface area contributed by atoms with Gasteiger partial charge in [0.2, 0.25) is 0 Å². The highest BCUT2D eigenvalue weighted by molar-refractivity contribution is 6.39. The molecule has 154 valence electrons. The molecule has 1 aromatic carbocycles. The van der Waals surface area contributed by atoms with E-state index >= 15 is 0 Å². The van der Waals surface area contributed by atoms with Crippen molar-refractivity contribution in [2.45, 2.75) is 51.1 Å². The first-order chi connectivity index (χ1) is 14.0. The minimum absolute atomic E-state index is 0.347. The molecule has 0 aliphatic carbocycles. The van der Waals surface area contributed by atoms with Crippen LogP contribution in [0.25, 0.3) is 0 Å². The molecule has 7 nitrogen and oxygen atoms in total. The Morgan fingerprint density at radius 3 is 2.66 bits per heavy atom. The van der Waals surface area contributed by atoms with Crippen LogP contribution in [-0.2, 0) is 22.6 Å². The van der Waals surface area contributed by atoms with Gasteiger partial charge in [-0.15, -0.1) is 10.2 Å². The number of fused-ring (bicyclic) bond motifs is 1. The van der Waals surface area contributed by atoms with E-state index in [2.05, 4.69) is 10.2 Å². The minimum atomic E-state index is -1.71. The number of benzene rings is 1. The van der Waals surface area contributed by atoms with Gasteiger partial charge in [0.25, 0.3) is 0 Å². The third-order valence-corrected chi connectivity index (χ3v) is 5.43. The van der Waals surface area contributed by atoms with Gasteiger partial charge in [-0.3, -0.25) is 9.59 Å². The van der Waals surface area contributed by atoms with Gasteiger partial charge in [0, 0.05) is 19.5 Å². The third kappa shape index (κ3) is 3.58. The van der Waals surface area contributed by atoms with Crippen molar-refractivity contribution in [3.8, 4) is 0 Å². The van der Waals surface area contributed by atoms with Crippen molar-refractivity contribution >= 4 is 17.5 Å². The zero-order valence-corrected chi connectivity index (χ0v) is 15.6. The Kier molecular flexibility index (Phi) is 5.25. The summed E-state index contributed by atoms with van der Waals surface area (Å²) in [5.41, 5.74) is -0.589. The Balaban J connectivity index is 1.53. The van der Waals surface area contributed by atoms with E-state index in [9.17, 15) is 22.8 Å². The van der Waals surface area contributed by atoms with Gasteiger partial charge >= 0.3 is 11.8 Å². The highest BCUT2D eigenvalue weighted by atomic mass is 19.2. The largest absolute Gasteiger partial charge is 0.324 e. The molecule has 2 aromatic rings. The summed E-state index contributed by atoms with van der Waals surface area (Å²) in [5, 5.41) is 10.6. The first kappa shape index (κ1) is 19.4. The number of aromatic nitrogens is 3. The maximum atomic E-state index is 13.8. The van der Waals surface area contributed by atoms with Gasteiger partial charge in [0.1, 0.15) is 5.82 Å². The predicted molar refractivity (Wildman–Crippen MR) is 96.2 cm³/mol. The van der Waals surface area contributed by atoms with Crippen molar-refractivity contribution in [2.75, 3.05) is 11.9 Å². The first-order valence-corrected chi connectivity index (χ1v) is 9.65. The van der Waals surface area contributed by atoms with Crippen molar-refractivity contribution in [1.82, 2.24) is 19.7 Å². The lowest BCUT2D eigenvalue weighted by molar-refractivity contribution is -0.143. The predicted octanol–water partition coefficient (Wildman–Crippen LogP) is 2.72. The number of carbonyl (C=O) groups is 2. The molecule has 1 aromatic heterocycles. The SMILES string of the molecule is O=C(Nc1ccc(F)c(F)c1F)C(=O)N1CCCC1c1nnc2n1CCCCC2. The third-order valence-electron chi connectivity index (χ3n) is 5.43. The topological polar surface area (TPSA) is 80.1 Å². The number of likely N-dealkylation sites (tertiary alicyclic amines) is 1. The first-order valence-electron chi connectivity index (χ1n) is 9.65. The van der Waals surface area contributed by atoms with Gasteiger partial charge in [-0.1, -0.05) is 6.42 Å². The summed E-state index contributed by atoms with van der Waals surface area (Å²) in [4.78, 5) is 26.5. The van der Waals surface area contributed by atoms with E-state index in [4.69, 9.17) is 0 Å². The Morgan fingerprint density at radius 2 is 1.83 bits per heavy atom. The molecule has 1 N–H and O–H groups in total. The van der Waals surface area contributed by atoms with Crippen LogP contribution < -0.4 is 5.32 Å². The number of nitrogens with zero attached hydrogens (tertiary/aromatic N) is 4. The van der Waals surface area contributed by atoms with Crippen LogP contribution >= 0.6 is 0 Å². The van der Waals surface area contributed by atoms with Gasteiger partial charge < -0.3 is 14.8 Å². The van der Waals surface area contributed by atoms with Crippen molar-refractivity contribution < 1.29 is 22.8 Å². The fourth-order valence-electron chi connectivity index (χ4n) is 3.96. The molecule has 0 bridgehead atoms. The molecule has 3 heterocycles. The molecular formula is C19H20F3N5O2. The second-order valence-electron chi connectivity index (χ2n) is 7.27. The van der Waals surface area contributed by atoms with E-state index < -0.39 is 41.0 Å². The summed E-state index contributed by atoms with van der Waals surface area (Å²) < 4.78 is 42.3. The quantitative estimate of drug-likeness (QED) is 0.613. The minimum Gasteiger partial charge on any atom is -0.324 e. The van der Waals surface area contributed by atoms with Gasteiger partial charge in [-0.2, -0.15) is 0 Å². The number of anilines is 1. The summed E-state index contributed by atoms with van der Waals surface area (Å²) in [6, 6.07) is 1.16. The Hall–Kier alpha value is -2.91. The van der Waals surface area contributed by atoms with E-state index in [1.54, 1.807) is 0 Å². The molecule has 10 heteroatoms. The van der Waals surface area contributed by atoms with Crippen LogP contribution in [0, 0.1) is 17.5 Å². The molecule has 2 aliphatic rings. The molecule has 1 fully saturated rings. The lowest BCUT2D eigenvalue weighted by Crippen LogP contribution is -2.40. The lowest BCUT2D eigenvalue weighted by atomic mass is 10.2. The molecule has 2 amide bonds. The average molecular weight is 407 g/mol. The van der Waals surface area contributed by atoms with Gasteiger partial charge in [0.15, 0.2) is 23.3 Å².